The average Bonchev–Trinajstić information content (AvgIpc) is 3.02. The van der Waals surface area contributed by atoms with Gasteiger partial charge in [-0.25, -0.2) is 14.5 Å². The molecule has 9 heteroatoms. The van der Waals surface area contributed by atoms with Gasteiger partial charge in [0.15, 0.2) is 29.0 Å². The van der Waals surface area contributed by atoms with E-state index in [0.717, 1.165) is 0 Å². The summed E-state index contributed by atoms with van der Waals surface area (Å²) in [4.78, 5) is 12.6. The van der Waals surface area contributed by atoms with Crippen LogP contribution in [0, 0.1) is 0 Å². The highest BCUT2D eigenvalue weighted by atomic mass is 16.8. The molecule has 2 aromatic rings. The van der Waals surface area contributed by atoms with Gasteiger partial charge in [-0.05, 0) is 13.8 Å². The monoisotopic (exact) mass is 305 g/mol. The first-order valence-corrected chi connectivity index (χ1v) is 7.16. The molecule has 0 aromatic carbocycles. The van der Waals surface area contributed by atoms with Crippen molar-refractivity contribution in [2.75, 3.05) is 12.3 Å². The van der Waals surface area contributed by atoms with Crippen molar-refractivity contribution < 1.29 is 18.9 Å². The van der Waals surface area contributed by atoms with Gasteiger partial charge in [0.25, 0.3) is 0 Å². The first-order chi connectivity index (χ1) is 10.5. The quantitative estimate of drug-likeness (QED) is 0.736. The standard InChI is InChI=1S/C13H15N5O4/c1-13(2)21-7-5-3-19-12-17-6-9(14)15-4-16-10(6)18(12)11(20-5)8(7)22-13/h4-5,7-8,11H,3H2,1-2H3,(H2,14,15,16)/t5-,7-,8+,11+/m0/s1. The molecule has 0 saturated carbocycles. The highest BCUT2D eigenvalue weighted by molar-refractivity contribution is 5.82. The van der Waals surface area contributed by atoms with E-state index < -0.39 is 12.0 Å². The van der Waals surface area contributed by atoms with Crippen LogP contribution < -0.4 is 10.5 Å². The Hall–Kier alpha value is -1.97. The van der Waals surface area contributed by atoms with Gasteiger partial charge in [0.1, 0.15) is 31.2 Å². The molecule has 0 radical (unpaired) electrons. The van der Waals surface area contributed by atoms with Crippen molar-refractivity contribution in [3.05, 3.63) is 6.33 Å². The van der Waals surface area contributed by atoms with Crippen LogP contribution in [0.25, 0.3) is 11.2 Å². The molecule has 5 heterocycles. The minimum absolute atomic E-state index is 0.176. The molecule has 5 rings (SSSR count). The molecule has 0 aliphatic carbocycles. The van der Waals surface area contributed by atoms with Gasteiger partial charge in [-0.1, -0.05) is 0 Å². The van der Waals surface area contributed by atoms with E-state index in [0.29, 0.717) is 29.6 Å². The molecule has 0 amide bonds. The Morgan fingerprint density at radius 1 is 1.27 bits per heavy atom. The highest BCUT2D eigenvalue weighted by Crippen LogP contribution is 2.46. The van der Waals surface area contributed by atoms with Gasteiger partial charge in [0.05, 0.1) is 0 Å². The maximum absolute atomic E-state index is 6.06. The molecule has 2 N–H and O–H groups in total. The Balaban J connectivity index is 1.70. The topological polar surface area (TPSA) is 107 Å². The molecule has 22 heavy (non-hydrogen) atoms. The molecule has 0 spiro atoms. The maximum Gasteiger partial charge on any atom is 0.301 e. The number of imidazole rings is 1. The van der Waals surface area contributed by atoms with Gasteiger partial charge >= 0.3 is 6.01 Å². The van der Waals surface area contributed by atoms with Crippen molar-refractivity contribution in [1.82, 2.24) is 19.5 Å². The molecule has 2 fully saturated rings. The van der Waals surface area contributed by atoms with Crippen LogP contribution >= 0.6 is 0 Å². The third-order valence-electron chi connectivity index (χ3n) is 4.23. The van der Waals surface area contributed by atoms with Crippen LogP contribution in [-0.4, -0.2) is 50.2 Å². The second-order valence-electron chi connectivity index (χ2n) is 6.14. The fraction of sp³-hybridized carbons (Fsp3) is 0.615. The summed E-state index contributed by atoms with van der Waals surface area (Å²) in [7, 11) is 0. The van der Waals surface area contributed by atoms with Gasteiger partial charge in [0.2, 0.25) is 0 Å². The highest BCUT2D eigenvalue weighted by Gasteiger charge is 2.58. The molecular weight excluding hydrogens is 290 g/mol. The molecule has 4 atom stereocenters. The number of hydrogen-bond acceptors (Lipinski definition) is 8. The molecule has 0 unspecified atom stereocenters. The number of hydrogen-bond donors (Lipinski definition) is 1. The molecule has 9 nitrogen and oxygen atoms in total. The van der Waals surface area contributed by atoms with Gasteiger partial charge in [-0.15, -0.1) is 0 Å². The molecule has 3 aliphatic rings. The molecule has 2 bridgehead atoms. The van der Waals surface area contributed by atoms with Gasteiger partial charge < -0.3 is 24.7 Å². The van der Waals surface area contributed by atoms with E-state index in [1.165, 1.54) is 6.33 Å². The summed E-state index contributed by atoms with van der Waals surface area (Å²) in [6.07, 6.45) is 0.375. The zero-order chi connectivity index (χ0) is 15.1. The Labute approximate surface area is 125 Å². The smallest absolute Gasteiger partial charge is 0.301 e. The van der Waals surface area contributed by atoms with Crippen LogP contribution in [0.4, 0.5) is 5.82 Å². The Morgan fingerprint density at radius 3 is 2.95 bits per heavy atom. The number of nitrogens with two attached hydrogens (primary N) is 1. The number of ether oxygens (including phenoxy) is 4. The van der Waals surface area contributed by atoms with Crippen molar-refractivity contribution in [1.29, 1.82) is 0 Å². The number of nitrogens with zero attached hydrogens (tertiary/aromatic N) is 4. The number of fused-ring (bicyclic) bond motifs is 9. The van der Waals surface area contributed by atoms with Crippen molar-refractivity contribution in [3.63, 3.8) is 0 Å². The van der Waals surface area contributed by atoms with E-state index in [1.807, 2.05) is 13.8 Å². The second kappa shape index (κ2) is 3.86. The van der Waals surface area contributed by atoms with Crippen molar-refractivity contribution in [3.8, 4) is 6.01 Å². The van der Waals surface area contributed by atoms with Gasteiger partial charge in [0, 0.05) is 0 Å². The summed E-state index contributed by atoms with van der Waals surface area (Å²) in [5.41, 5.74) is 6.95. The number of rotatable bonds is 0. The second-order valence-corrected chi connectivity index (χ2v) is 6.14. The largest absolute Gasteiger partial charge is 0.462 e. The summed E-state index contributed by atoms with van der Waals surface area (Å²) >= 11 is 0. The van der Waals surface area contributed by atoms with Crippen LogP contribution in [-0.2, 0) is 14.2 Å². The lowest BCUT2D eigenvalue weighted by Crippen LogP contribution is -2.34. The predicted octanol–water partition coefficient (Wildman–Crippen LogP) is 0.218. The van der Waals surface area contributed by atoms with Crippen molar-refractivity contribution in [2.45, 2.75) is 44.2 Å². The average molecular weight is 305 g/mol. The molecule has 2 aromatic heterocycles. The summed E-state index contributed by atoms with van der Waals surface area (Å²) < 4.78 is 25.6. The van der Waals surface area contributed by atoms with E-state index in [1.54, 1.807) is 4.57 Å². The van der Waals surface area contributed by atoms with E-state index in [2.05, 4.69) is 15.0 Å². The minimum atomic E-state index is -0.648. The molecule has 116 valence electrons. The van der Waals surface area contributed by atoms with Crippen molar-refractivity contribution >= 4 is 17.0 Å². The van der Waals surface area contributed by atoms with Crippen LogP contribution in [0.15, 0.2) is 6.33 Å². The summed E-state index contributed by atoms with van der Waals surface area (Å²) in [6, 6.07) is 0.418. The van der Waals surface area contributed by atoms with Crippen LogP contribution in [0.5, 0.6) is 6.01 Å². The maximum atomic E-state index is 6.06. The lowest BCUT2D eigenvalue weighted by molar-refractivity contribution is -0.195. The third-order valence-corrected chi connectivity index (χ3v) is 4.23. The SMILES string of the molecule is CC1(C)O[C@@H]2[C@@H](O1)[C@H]1O[C@H]2COc2nc3c(N)ncnc3n21. The molecule has 2 saturated heterocycles. The van der Waals surface area contributed by atoms with Crippen molar-refractivity contribution in [2.24, 2.45) is 0 Å². The Bertz CT molecular complexity index is 775. The fourth-order valence-electron chi connectivity index (χ4n) is 3.40. The Morgan fingerprint density at radius 2 is 2.09 bits per heavy atom. The Kier molecular flexibility index (Phi) is 2.20. The predicted molar refractivity (Wildman–Crippen MR) is 73.0 cm³/mol. The molecule has 3 aliphatic heterocycles. The number of aromatic nitrogens is 4. The number of nitrogen functional groups attached to an aromatic ring is 1. The van der Waals surface area contributed by atoms with Crippen LogP contribution in [0.1, 0.15) is 20.1 Å². The summed E-state index contributed by atoms with van der Waals surface area (Å²) in [6.45, 7) is 4.13. The lowest BCUT2D eigenvalue weighted by Gasteiger charge is -2.22. The summed E-state index contributed by atoms with van der Waals surface area (Å²) in [5.74, 6) is -0.339. The van der Waals surface area contributed by atoms with E-state index in [4.69, 9.17) is 24.7 Å². The van der Waals surface area contributed by atoms with Gasteiger partial charge in [-0.3, -0.25) is 0 Å². The summed E-state index contributed by atoms with van der Waals surface area (Å²) in [5, 5.41) is 0. The van der Waals surface area contributed by atoms with E-state index >= 15 is 0 Å². The minimum Gasteiger partial charge on any atom is -0.462 e. The molecular formula is C13H15N5O4. The van der Waals surface area contributed by atoms with Gasteiger partial charge in [-0.2, -0.15) is 4.98 Å². The zero-order valence-corrected chi connectivity index (χ0v) is 12.1. The number of anilines is 1. The normalized spacial score (nSPS) is 35.0. The first kappa shape index (κ1) is 12.6. The first-order valence-electron chi connectivity index (χ1n) is 7.16. The third kappa shape index (κ3) is 1.50. The van der Waals surface area contributed by atoms with E-state index in [-0.39, 0.29) is 18.3 Å². The lowest BCUT2D eigenvalue weighted by atomic mass is 10.1. The van der Waals surface area contributed by atoms with Crippen LogP contribution in [0.3, 0.4) is 0 Å². The van der Waals surface area contributed by atoms with Crippen LogP contribution in [0.2, 0.25) is 0 Å². The zero-order valence-electron chi connectivity index (χ0n) is 12.1. The fourth-order valence-corrected chi connectivity index (χ4v) is 3.40. The van der Waals surface area contributed by atoms with E-state index in [9.17, 15) is 0 Å².